The van der Waals surface area contributed by atoms with Gasteiger partial charge in [0.2, 0.25) is 5.91 Å². The molecule has 1 amide bonds. The molecule has 0 aliphatic heterocycles. The number of hydrogen-bond acceptors (Lipinski definition) is 3. The van der Waals surface area contributed by atoms with E-state index in [1.54, 1.807) is 11.8 Å². The molecule has 0 saturated heterocycles. The first-order chi connectivity index (χ1) is 11.0. The van der Waals surface area contributed by atoms with Gasteiger partial charge in [0.1, 0.15) is 5.75 Å². The molecule has 0 spiro atoms. The van der Waals surface area contributed by atoms with Crippen LogP contribution in [-0.2, 0) is 10.5 Å². The summed E-state index contributed by atoms with van der Waals surface area (Å²) in [5.41, 5.74) is 2.00. The Morgan fingerprint density at radius 2 is 1.78 bits per heavy atom. The normalized spacial score (nSPS) is 10.6. The Balaban J connectivity index is 1.75. The first-order valence-corrected chi connectivity index (χ1v) is 9.36. The minimum Gasteiger partial charge on any atom is -0.491 e. The first kappa shape index (κ1) is 17.9. The van der Waals surface area contributed by atoms with E-state index in [1.165, 1.54) is 5.56 Å². The van der Waals surface area contributed by atoms with Gasteiger partial charge in [-0.3, -0.25) is 4.79 Å². The van der Waals surface area contributed by atoms with Gasteiger partial charge in [0, 0.05) is 15.9 Å². The van der Waals surface area contributed by atoms with Gasteiger partial charge in [-0.1, -0.05) is 28.1 Å². The third kappa shape index (κ3) is 6.67. The molecule has 0 unspecified atom stereocenters. The van der Waals surface area contributed by atoms with Crippen molar-refractivity contribution < 1.29 is 9.53 Å². The van der Waals surface area contributed by atoms with E-state index in [4.69, 9.17) is 4.74 Å². The van der Waals surface area contributed by atoms with Crippen molar-refractivity contribution in [3.63, 3.8) is 0 Å². The van der Waals surface area contributed by atoms with Crippen molar-refractivity contribution in [2.75, 3.05) is 11.1 Å². The maximum absolute atomic E-state index is 11.9. The van der Waals surface area contributed by atoms with E-state index in [-0.39, 0.29) is 12.0 Å². The molecule has 5 heteroatoms. The standard InChI is InChI=1S/C18H20BrNO2S/c1-13(2)22-17-9-7-16(8-10-17)20-18(21)12-23-11-14-3-5-15(19)6-4-14/h3-10,13H,11-12H2,1-2H3,(H,20,21). The number of nitrogens with one attached hydrogen (secondary N) is 1. The summed E-state index contributed by atoms with van der Waals surface area (Å²) in [5.74, 6) is 2.06. The number of ether oxygens (including phenoxy) is 1. The number of thioether (sulfide) groups is 1. The SMILES string of the molecule is CC(C)Oc1ccc(NC(=O)CSCc2ccc(Br)cc2)cc1. The molecule has 23 heavy (non-hydrogen) atoms. The Bertz CT molecular complexity index is 626. The average Bonchev–Trinajstić information content (AvgIpc) is 2.51. The molecule has 0 atom stereocenters. The third-order valence-electron chi connectivity index (χ3n) is 2.93. The lowest BCUT2D eigenvalue weighted by Gasteiger charge is -2.10. The van der Waals surface area contributed by atoms with Gasteiger partial charge in [0.25, 0.3) is 0 Å². The molecule has 0 fully saturated rings. The summed E-state index contributed by atoms with van der Waals surface area (Å²) in [6.45, 7) is 3.97. The molecule has 0 aliphatic rings. The van der Waals surface area contributed by atoms with Gasteiger partial charge in [0.15, 0.2) is 0 Å². The second-order valence-corrected chi connectivity index (χ2v) is 7.26. The molecular formula is C18H20BrNO2S. The van der Waals surface area contributed by atoms with Gasteiger partial charge in [-0.15, -0.1) is 11.8 Å². The summed E-state index contributed by atoms with van der Waals surface area (Å²) < 4.78 is 6.64. The Morgan fingerprint density at radius 1 is 1.13 bits per heavy atom. The van der Waals surface area contributed by atoms with Crippen molar-refractivity contribution in [2.45, 2.75) is 25.7 Å². The highest BCUT2D eigenvalue weighted by Gasteiger charge is 2.04. The van der Waals surface area contributed by atoms with Crippen LogP contribution < -0.4 is 10.1 Å². The van der Waals surface area contributed by atoms with Crippen molar-refractivity contribution >= 4 is 39.3 Å². The van der Waals surface area contributed by atoms with Crippen LogP contribution in [0.2, 0.25) is 0 Å². The predicted octanol–water partition coefficient (Wildman–Crippen LogP) is 5.11. The Hall–Kier alpha value is -1.46. The number of anilines is 1. The smallest absolute Gasteiger partial charge is 0.234 e. The summed E-state index contributed by atoms with van der Waals surface area (Å²) in [6.07, 6.45) is 0.144. The van der Waals surface area contributed by atoms with Crippen molar-refractivity contribution in [1.29, 1.82) is 0 Å². The Kier molecular flexibility index (Phi) is 6.99. The van der Waals surface area contributed by atoms with Crippen LogP contribution in [0.15, 0.2) is 53.0 Å². The van der Waals surface area contributed by atoms with Gasteiger partial charge in [-0.05, 0) is 55.8 Å². The van der Waals surface area contributed by atoms with Crippen LogP contribution in [0, 0.1) is 0 Å². The highest BCUT2D eigenvalue weighted by atomic mass is 79.9. The maximum Gasteiger partial charge on any atom is 0.234 e. The lowest BCUT2D eigenvalue weighted by atomic mass is 10.2. The van der Waals surface area contributed by atoms with E-state index in [0.717, 1.165) is 21.7 Å². The predicted molar refractivity (Wildman–Crippen MR) is 101 cm³/mol. The quantitative estimate of drug-likeness (QED) is 0.710. The van der Waals surface area contributed by atoms with Crippen LogP contribution in [0.3, 0.4) is 0 Å². The number of hydrogen-bond donors (Lipinski definition) is 1. The minimum atomic E-state index is 0.00430. The van der Waals surface area contributed by atoms with Gasteiger partial charge in [0.05, 0.1) is 11.9 Å². The van der Waals surface area contributed by atoms with Crippen LogP contribution >= 0.6 is 27.7 Å². The molecule has 2 aromatic rings. The summed E-state index contributed by atoms with van der Waals surface area (Å²) in [7, 11) is 0. The van der Waals surface area contributed by atoms with E-state index >= 15 is 0 Å². The molecule has 0 radical (unpaired) electrons. The first-order valence-electron chi connectivity index (χ1n) is 7.41. The molecule has 0 heterocycles. The largest absolute Gasteiger partial charge is 0.491 e. The molecule has 0 saturated carbocycles. The van der Waals surface area contributed by atoms with E-state index < -0.39 is 0 Å². The van der Waals surface area contributed by atoms with Gasteiger partial charge >= 0.3 is 0 Å². The lowest BCUT2D eigenvalue weighted by molar-refractivity contribution is -0.113. The molecular weight excluding hydrogens is 374 g/mol. The molecule has 3 nitrogen and oxygen atoms in total. The van der Waals surface area contributed by atoms with Crippen LogP contribution in [0.1, 0.15) is 19.4 Å². The maximum atomic E-state index is 11.9. The van der Waals surface area contributed by atoms with E-state index in [2.05, 4.69) is 33.4 Å². The van der Waals surface area contributed by atoms with Gasteiger partial charge in [-0.2, -0.15) is 0 Å². The summed E-state index contributed by atoms with van der Waals surface area (Å²) in [5, 5.41) is 2.90. The molecule has 0 aromatic heterocycles. The highest BCUT2D eigenvalue weighted by molar-refractivity contribution is 9.10. The summed E-state index contributed by atoms with van der Waals surface area (Å²) in [4.78, 5) is 11.9. The zero-order chi connectivity index (χ0) is 16.7. The monoisotopic (exact) mass is 393 g/mol. The number of rotatable bonds is 7. The number of benzene rings is 2. The topological polar surface area (TPSA) is 38.3 Å². The number of amides is 1. The van der Waals surface area contributed by atoms with E-state index in [1.807, 2.05) is 50.2 Å². The van der Waals surface area contributed by atoms with E-state index in [9.17, 15) is 4.79 Å². The second-order valence-electron chi connectivity index (χ2n) is 5.36. The van der Waals surface area contributed by atoms with Crippen molar-refractivity contribution in [2.24, 2.45) is 0 Å². The van der Waals surface area contributed by atoms with Crippen molar-refractivity contribution in [3.05, 3.63) is 58.6 Å². The summed E-state index contributed by atoms with van der Waals surface area (Å²) >= 11 is 5.01. The minimum absolute atomic E-state index is 0.00430. The molecule has 122 valence electrons. The lowest BCUT2D eigenvalue weighted by Crippen LogP contribution is -2.14. The zero-order valence-corrected chi connectivity index (χ0v) is 15.6. The molecule has 2 rings (SSSR count). The van der Waals surface area contributed by atoms with Gasteiger partial charge in [-0.25, -0.2) is 0 Å². The van der Waals surface area contributed by atoms with Crippen molar-refractivity contribution in [1.82, 2.24) is 0 Å². The fraction of sp³-hybridized carbons (Fsp3) is 0.278. The van der Waals surface area contributed by atoms with Crippen LogP contribution in [0.4, 0.5) is 5.69 Å². The fourth-order valence-corrected chi connectivity index (χ4v) is 2.98. The number of halogens is 1. The number of carbonyl (C=O) groups excluding carboxylic acids is 1. The van der Waals surface area contributed by atoms with Crippen LogP contribution in [0.5, 0.6) is 5.75 Å². The Morgan fingerprint density at radius 3 is 2.39 bits per heavy atom. The fourth-order valence-electron chi connectivity index (χ4n) is 1.93. The number of carbonyl (C=O) groups is 1. The van der Waals surface area contributed by atoms with Crippen molar-refractivity contribution in [3.8, 4) is 5.75 Å². The second kappa shape index (κ2) is 8.99. The Labute approximate surface area is 149 Å². The molecule has 0 aliphatic carbocycles. The highest BCUT2D eigenvalue weighted by Crippen LogP contribution is 2.18. The van der Waals surface area contributed by atoms with Crippen LogP contribution in [-0.4, -0.2) is 17.8 Å². The average molecular weight is 394 g/mol. The molecule has 0 bridgehead atoms. The summed E-state index contributed by atoms with van der Waals surface area (Å²) in [6, 6.07) is 15.6. The molecule has 2 aromatic carbocycles. The molecule has 1 N–H and O–H groups in total. The zero-order valence-electron chi connectivity index (χ0n) is 13.2. The van der Waals surface area contributed by atoms with E-state index in [0.29, 0.717) is 5.75 Å². The third-order valence-corrected chi connectivity index (χ3v) is 4.46. The van der Waals surface area contributed by atoms with Crippen LogP contribution in [0.25, 0.3) is 0 Å². The van der Waals surface area contributed by atoms with Gasteiger partial charge < -0.3 is 10.1 Å².